The first-order valence-electron chi connectivity index (χ1n) is 7.33. The van der Waals surface area contributed by atoms with Gasteiger partial charge in [-0.15, -0.1) is 0 Å². The number of hydrogen-bond donors (Lipinski definition) is 1. The monoisotopic (exact) mass is 301 g/mol. The van der Waals surface area contributed by atoms with Gasteiger partial charge in [0.25, 0.3) is 0 Å². The van der Waals surface area contributed by atoms with Crippen LogP contribution >= 0.6 is 23.2 Å². The molecule has 0 aliphatic carbocycles. The molecule has 1 unspecified atom stereocenters. The molecule has 0 heterocycles. The zero-order valence-corrected chi connectivity index (χ0v) is 13.3. The zero-order chi connectivity index (χ0) is 14.1. The van der Waals surface area contributed by atoms with Crippen LogP contribution in [0, 0.1) is 0 Å². The summed E-state index contributed by atoms with van der Waals surface area (Å²) in [5.74, 6) is 0. The molecule has 1 aromatic rings. The molecule has 0 bridgehead atoms. The van der Waals surface area contributed by atoms with Gasteiger partial charge in [-0.2, -0.15) is 0 Å². The van der Waals surface area contributed by atoms with Crippen LogP contribution in [0.1, 0.15) is 57.4 Å². The highest BCUT2D eigenvalue weighted by molar-refractivity contribution is 6.35. The fraction of sp³-hybridized carbons (Fsp3) is 0.625. The minimum absolute atomic E-state index is 0.199. The second-order valence-corrected chi connectivity index (χ2v) is 6.10. The highest BCUT2D eigenvalue weighted by Crippen LogP contribution is 2.22. The molecule has 0 saturated carbocycles. The van der Waals surface area contributed by atoms with E-state index < -0.39 is 0 Å². The summed E-state index contributed by atoms with van der Waals surface area (Å²) in [7, 11) is 0. The van der Waals surface area contributed by atoms with Gasteiger partial charge in [0.15, 0.2) is 0 Å². The standard InChI is InChI=1S/C16H25Cl2N/c1-2-3-4-5-6-7-8-15(19)11-13-9-10-14(17)12-16(13)18/h9-10,12,15H,2-8,11,19H2,1H3. The largest absolute Gasteiger partial charge is 0.327 e. The number of halogens is 2. The molecule has 0 aromatic heterocycles. The maximum Gasteiger partial charge on any atom is 0.0453 e. The van der Waals surface area contributed by atoms with Gasteiger partial charge in [-0.05, 0) is 30.5 Å². The first-order chi connectivity index (χ1) is 9.13. The second kappa shape index (κ2) is 9.63. The molecule has 1 atom stereocenters. The highest BCUT2D eigenvalue weighted by atomic mass is 35.5. The van der Waals surface area contributed by atoms with Crippen LogP contribution in [0.4, 0.5) is 0 Å². The van der Waals surface area contributed by atoms with Crippen LogP contribution in [0.3, 0.4) is 0 Å². The van der Waals surface area contributed by atoms with Crippen LogP contribution in [0.15, 0.2) is 18.2 Å². The fourth-order valence-corrected chi connectivity index (χ4v) is 2.74. The first-order valence-corrected chi connectivity index (χ1v) is 8.08. The second-order valence-electron chi connectivity index (χ2n) is 5.26. The Morgan fingerprint density at radius 2 is 1.74 bits per heavy atom. The molecule has 1 rings (SSSR count). The van der Waals surface area contributed by atoms with Gasteiger partial charge in [0.1, 0.15) is 0 Å². The molecule has 2 N–H and O–H groups in total. The Labute approximate surface area is 127 Å². The van der Waals surface area contributed by atoms with E-state index in [0.717, 1.165) is 23.4 Å². The molecule has 0 saturated heterocycles. The molecule has 19 heavy (non-hydrogen) atoms. The average molecular weight is 302 g/mol. The van der Waals surface area contributed by atoms with E-state index in [2.05, 4.69) is 6.92 Å². The normalized spacial score (nSPS) is 12.6. The molecule has 1 nitrogen and oxygen atoms in total. The van der Waals surface area contributed by atoms with Gasteiger partial charge < -0.3 is 5.73 Å². The van der Waals surface area contributed by atoms with E-state index in [1.807, 2.05) is 12.1 Å². The van der Waals surface area contributed by atoms with Gasteiger partial charge in [-0.1, -0.05) is 74.7 Å². The van der Waals surface area contributed by atoms with E-state index in [1.165, 1.54) is 38.5 Å². The summed E-state index contributed by atoms with van der Waals surface area (Å²) in [6, 6.07) is 5.84. The minimum Gasteiger partial charge on any atom is -0.327 e. The van der Waals surface area contributed by atoms with Crippen LogP contribution < -0.4 is 5.73 Å². The van der Waals surface area contributed by atoms with Crippen molar-refractivity contribution in [1.29, 1.82) is 0 Å². The van der Waals surface area contributed by atoms with Gasteiger partial charge in [0.2, 0.25) is 0 Å². The van der Waals surface area contributed by atoms with E-state index in [1.54, 1.807) is 6.07 Å². The summed E-state index contributed by atoms with van der Waals surface area (Å²) in [4.78, 5) is 0. The maximum absolute atomic E-state index is 6.16. The van der Waals surface area contributed by atoms with Crippen molar-refractivity contribution < 1.29 is 0 Å². The van der Waals surface area contributed by atoms with Crippen molar-refractivity contribution in [1.82, 2.24) is 0 Å². The molecular weight excluding hydrogens is 277 g/mol. The molecule has 0 aliphatic heterocycles. The van der Waals surface area contributed by atoms with Crippen LogP contribution in [0.5, 0.6) is 0 Å². The number of unbranched alkanes of at least 4 members (excludes halogenated alkanes) is 5. The maximum atomic E-state index is 6.16. The zero-order valence-electron chi connectivity index (χ0n) is 11.8. The van der Waals surface area contributed by atoms with Crippen molar-refractivity contribution in [2.24, 2.45) is 5.73 Å². The molecule has 0 spiro atoms. The molecule has 1 aromatic carbocycles. The number of rotatable bonds is 9. The third-order valence-electron chi connectivity index (χ3n) is 3.43. The van der Waals surface area contributed by atoms with Gasteiger partial charge >= 0.3 is 0 Å². The number of hydrogen-bond acceptors (Lipinski definition) is 1. The smallest absolute Gasteiger partial charge is 0.0453 e. The van der Waals surface area contributed by atoms with Crippen molar-refractivity contribution in [2.75, 3.05) is 0 Å². The molecular formula is C16H25Cl2N. The molecule has 0 fully saturated rings. The Kier molecular flexibility index (Phi) is 8.52. The summed E-state index contributed by atoms with van der Waals surface area (Å²) >= 11 is 12.0. The third-order valence-corrected chi connectivity index (χ3v) is 4.01. The Balaban J connectivity index is 2.21. The SMILES string of the molecule is CCCCCCCCC(N)Cc1ccc(Cl)cc1Cl. The van der Waals surface area contributed by atoms with E-state index >= 15 is 0 Å². The topological polar surface area (TPSA) is 26.0 Å². The fourth-order valence-electron chi connectivity index (χ4n) is 2.26. The van der Waals surface area contributed by atoms with Crippen molar-refractivity contribution in [2.45, 2.75) is 64.3 Å². The van der Waals surface area contributed by atoms with Crippen molar-refractivity contribution in [3.63, 3.8) is 0 Å². The lowest BCUT2D eigenvalue weighted by molar-refractivity contribution is 0.532. The highest BCUT2D eigenvalue weighted by Gasteiger charge is 2.07. The molecule has 0 amide bonds. The predicted octanol–water partition coefficient (Wildman–Crippen LogP) is 5.61. The number of nitrogens with two attached hydrogens (primary N) is 1. The average Bonchev–Trinajstić information content (AvgIpc) is 2.37. The summed E-state index contributed by atoms with van der Waals surface area (Å²) in [5.41, 5.74) is 7.26. The summed E-state index contributed by atoms with van der Waals surface area (Å²) in [5, 5.41) is 1.41. The van der Waals surface area contributed by atoms with E-state index in [9.17, 15) is 0 Å². The molecule has 108 valence electrons. The Hall–Kier alpha value is -0.240. The van der Waals surface area contributed by atoms with Crippen molar-refractivity contribution >= 4 is 23.2 Å². The minimum atomic E-state index is 0.199. The summed E-state index contributed by atoms with van der Waals surface area (Å²) < 4.78 is 0. The molecule has 3 heteroatoms. The lowest BCUT2D eigenvalue weighted by Crippen LogP contribution is -2.22. The van der Waals surface area contributed by atoms with Crippen LogP contribution in [-0.2, 0) is 6.42 Å². The van der Waals surface area contributed by atoms with E-state index in [-0.39, 0.29) is 6.04 Å². The Bertz CT molecular complexity index is 366. The lowest BCUT2D eigenvalue weighted by atomic mass is 10.0. The van der Waals surface area contributed by atoms with Crippen LogP contribution in [-0.4, -0.2) is 6.04 Å². The van der Waals surface area contributed by atoms with Crippen LogP contribution in [0.2, 0.25) is 10.0 Å². The molecule has 0 aliphatic rings. The van der Waals surface area contributed by atoms with Gasteiger partial charge in [0, 0.05) is 16.1 Å². The Morgan fingerprint density at radius 1 is 1.05 bits per heavy atom. The quantitative estimate of drug-likeness (QED) is 0.589. The van der Waals surface area contributed by atoms with Crippen molar-refractivity contribution in [3.8, 4) is 0 Å². The first kappa shape index (κ1) is 16.8. The number of benzene rings is 1. The molecule has 0 radical (unpaired) electrons. The summed E-state index contributed by atoms with van der Waals surface area (Å²) in [6.07, 6.45) is 9.77. The van der Waals surface area contributed by atoms with Crippen LogP contribution in [0.25, 0.3) is 0 Å². The van der Waals surface area contributed by atoms with Gasteiger partial charge in [-0.3, -0.25) is 0 Å². The third kappa shape index (κ3) is 7.20. The van der Waals surface area contributed by atoms with Gasteiger partial charge in [0.05, 0.1) is 0 Å². The van der Waals surface area contributed by atoms with Crippen molar-refractivity contribution in [3.05, 3.63) is 33.8 Å². The van der Waals surface area contributed by atoms with Gasteiger partial charge in [-0.25, -0.2) is 0 Å². The lowest BCUT2D eigenvalue weighted by Gasteiger charge is -2.12. The summed E-state index contributed by atoms with van der Waals surface area (Å²) in [6.45, 7) is 2.24. The Morgan fingerprint density at radius 3 is 2.42 bits per heavy atom. The predicted molar refractivity (Wildman–Crippen MR) is 86.1 cm³/mol. The van der Waals surface area contributed by atoms with E-state index in [4.69, 9.17) is 28.9 Å². The van der Waals surface area contributed by atoms with E-state index in [0.29, 0.717) is 5.02 Å².